The largest absolute Gasteiger partial charge is 0.472 e. The molecular weight excluding hydrogens is 952 g/mol. The van der Waals surface area contributed by atoms with E-state index in [1.54, 1.807) is 0 Å². The Morgan fingerprint density at radius 2 is 0.703 bits per heavy atom. The fraction of sp³-hybridized carbons (Fsp3) is 0.790. The lowest BCUT2D eigenvalue weighted by atomic mass is 10.0. The minimum Gasteiger partial charge on any atom is -0.462 e. The van der Waals surface area contributed by atoms with E-state index in [-0.39, 0.29) is 25.9 Å². The van der Waals surface area contributed by atoms with E-state index in [0.717, 1.165) is 96.3 Å². The second kappa shape index (κ2) is 56.4. The number of aliphatic hydroxyl groups excluding tert-OH is 1. The summed E-state index contributed by atoms with van der Waals surface area (Å²) in [5, 5.41) is 9.81. The maximum Gasteiger partial charge on any atom is 0.472 e. The smallest absolute Gasteiger partial charge is 0.462 e. The molecule has 12 heteroatoms. The molecule has 2 N–H and O–H groups in total. The molecule has 0 aromatic heterocycles. The van der Waals surface area contributed by atoms with Crippen LogP contribution < -0.4 is 0 Å². The molecule has 0 aliphatic carbocycles. The minimum absolute atomic E-state index is 0.125. The highest BCUT2D eigenvalue weighted by atomic mass is 31.2. The first kappa shape index (κ1) is 71.2. The Morgan fingerprint density at radius 1 is 0.392 bits per heavy atom. The third-order valence-electron chi connectivity index (χ3n) is 12.9. The van der Waals surface area contributed by atoms with Crippen LogP contribution in [0.5, 0.6) is 0 Å². The van der Waals surface area contributed by atoms with Gasteiger partial charge in [-0.3, -0.25) is 23.4 Å². The molecule has 0 heterocycles. The van der Waals surface area contributed by atoms with Crippen molar-refractivity contribution in [1.29, 1.82) is 0 Å². The van der Waals surface area contributed by atoms with Gasteiger partial charge in [0.2, 0.25) is 0 Å². The fourth-order valence-corrected chi connectivity index (χ4v) is 9.13. The van der Waals surface area contributed by atoms with Crippen LogP contribution in [0.2, 0.25) is 0 Å². The highest BCUT2D eigenvalue weighted by molar-refractivity contribution is 7.47. The molecule has 11 nitrogen and oxygen atoms in total. The summed E-state index contributed by atoms with van der Waals surface area (Å²) in [6.45, 7) is 4.51. The van der Waals surface area contributed by atoms with E-state index in [2.05, 4.69) is 81.5 Å². The van der Waals surface area contributed by atoms with Crippen molar-refractivity contribution in [3.05, 3.63) is 60.8 Å². The van der Waals surface area contributed by atoms with E-state index >= 15 is 0 Å². The summed E-state index contributed by atoms with van der Waals surface area (Å²) >= 11 is 0. The molecule has 0 aromatic rings. The maximum atomic E-state index is 12.9. The van der Waals surface area contributed by atoms with Crippen LogP contribution in [0.25, 0.3) is 0 Å². The number of carbonyl (C=O) groups is 3. The van der Waals surface area contributed by atoms with E-state index in [4.69, 9.17) is 23.3 Å². The molecule has 0 aliphatic rings. The topological polar surface area (TPSA) is 155 Å². The molecule has 0 spiro atoms. The molecule has 0 bridgehead atoms. The van der Waals surface area contributed by atoms with Crippen LogP contribution in [0, 0.1) is 0 Å². The van der Waals surface area contributed by atoms with Gasteiger partial charge in [-0.15, -0.1) is 0 Å². The number of hydrogen-bond acceptors (Lipinski definition) is 10. The molecule has 3 unspecified atom stereocenters. The van der Waals surface area contributed by atoms with Gasteiger partial charge in [0.1, 0.15) is 12.7 Å². The van der Waals surface area contributed by atoms with Crippen molar-refractivity contribution in [2.45, 2.75) is 290 Å². The van der Waals surface area contributed by atoms with Crippen molar-refractivity contribution in [2.75, 3.05) is 26.4 Å². The zero-order valence-corrected chi connectivity index (χ0v) is 48.5. The Kier molecular flexibility index (Phi) is 54.2. The number of allylic oxidation sites excluding steroid dienone is 10. The SMILES string of the molecule is CC/C=C\C/C=C\C/C=C\C/C=C\CCCCC(=O)OC(CO)COP(=O)(O)OCC(COC(=O)CCCCCCC/C=C\CCCCCCCC)OC(=O)CCCCCCCCCCCCCCCCCCC. The average molecular weight is 1060 g/mol. The fourth-order valence-electron chi connectivity index (χ4n) is 8.34. The van der Waals surface area contributed by atoms with Crippen molar-refractivity contribution in [3.63, 3.8) is 0 Å². The Bertz CT molecular complexity index is 1470. The van der Waals surface area contributed by atoms with Gasteiger partial charge in [0.05, 0.1) is 19.8 Å². The summed E-state index contributed by atoms with van der Waals surface area (Å²) in [5.74, 6) is -1.50. The second-order valence-corrected chi connectivity index (χ2v) is 21.6. The van der Waals surface area contributed by atoms with Gasteiger partial charge in [-0.25, -0.2) is 4.57 Å². The number of phosphoric ester groups is 1. The molecule has 0 saturated heterocycles. The first-order valence-corrected chi connectivity index (χ1v) is 31.7. The van der Waals surface area contributed by atoms with Gasteiger partial charge in [-0.05, 0) is 83.5 Å². The van der Waals surface area contributed by atoms with Crippen molar-refractivity contribution >= 4 is 25.7 Å². The highest BCUT2D eigenvalue weighted by Gasteiger charge is 2.28. The summed E-state index contributed by atoms with van der Waals surface area (Å²) < 4.78 is 39.5. The summed E-state index contributed by atoms with van der Waals surface area (Å²) in [7, 11) is -4.76. The molecule has 0 aliphatic heterocycles. The summed E-state index contributed by atoms with van der Waals surface area (Å²) in [5.41, 5.74) is 0. The molecule has 3 atom stereocenters. The normalized spacial score (nSPS) is 13.7. The lowest BCUT2D eigenvalue weighted by molar-refractivity contribution is -0.161. The number of rotatable bonds is 56. The van der Waals surface area contributed by atoms with E-state index in [1.807, 2.05) is 0 Å². The number of ether oxygens (including phenoxy) is 3. The van der Waals surface area contributed by atoms with Crippen LogP contribution in [0.15, 0.2) is 60.8 Å². The number of carbonyl (C=O) groups excluding carboxylic acids is 3. The van der Waals surface area contributed by atoms with Crippen molar-refractivity contribution < 1.29 is 52.2 Å². The second-order valence-electron chi connectivity index (χ2n) is 20.1. The highest BCUT2D eigenvalue weighted by Crippen LogP contribution is 2.43. The van der Waals surface area contributed by atoms with Gasteiger partial charge in [0.25, 0.3) is 0 Å². The van der Waals surface area contributed by atoms with Gasteiger partial charge in [0.15, 0.2) is 6.10 Å². The number of unbranched alkanes of at least 4 members (excludes halogenated alkanes) is 29. The van der Waals surface area contributed by atoms with Crippen LogP contribution in [0.4, 0.5) is 0 Å². The quantitative estimate of drug-likeness (QED) is 0.0197. The van der Waals surface area contributed by atoms with Gasteiger partial charge in [-0.2, -0.15) is 0 Å². The van der Waals surface area contributed by atoms with Crippen LogP contribution >= 0.6 is 7.82 Å². The molecule has 0 fully saturated rings. The first-order chi connectivity index (χ1) is 36.2. The van der Waals surface area contributed by atoms with E-state index < -0.39 is 57.8 Å². The molecule has 0 amide bonds. The number of aliphatic hydroxyl groups is 1. The first-order valence-electron chi connectivity index (χ1n) is 30.2. The van der Waals surface area contributed by atoms with E-state index in [1.165, 1.54) is 122 Å². The van der Waals surface area contributed by atoms with Gasteiger partial charge < -0.3 is 24.2 Å². The molecule has 0 aromatic carbocycles. The minimum atomic E-state index is -4.76. The lowest BCUT2D eigenvalue weighted by Gasteiger charge is -2.21. The monoisotopic (exact) mass is 1060 g/mol. The lowest BCUT2D eigenvalue weighted by Crippen LogP contribution is -2.30. The standard InChI is InChI=1S/C62H111O11P/c1-4-7-10-13-16-19-22-25-28-29-32-35-38-41-44-47-50-53-62(66)73-59(55-69-60(64)51-48-45-42-39-36-33-30-26-23-20-17-14-11-8-5-2)57-71-74(67,68)70-56-58(54-63)72-61(65)52-49-46-43-40-37-34-31-27-24-21-18-15-12-9-6-3/h9,12,18,21,26-27,30-31,37,40,58-59,63H,4-8,10-11,13-17,19-20,22-25,28-29,32-36,38-39,41-57H2,1-3H3,(H,67,68)/b12-9-,21-18-,30-26-,31-27-,40-37-. The van der Waals surface area contributed by atoms with Gasteiger partial charge >= 0.3 is 25.7 Å². The van der Waals surface area contributed by atoms with Gasteiger partial charge in [0, 0.05) is 19.3 Å². The Balaban J connectivity index is 4.74. The van der Waals surface area contributed by atoms with Crippen molar-refractivity contribution in [3.8, 4) is 0 Å². The van der Waals surface area contributed by atoms with Gasteiger partial charge in [-0.1, -0.05) is 236 Å². The van der Waals surface area contributed by atoms with Crippen molar-refractivity contribution in [2.24, 2.45) is 0 Å². The molecule has 0 saturated carbocycles. The number of phosphoric acid groups is 1. The Hall–Kier alpha value is -2.82. The molecule has 0 radical (unpaired) electrons. The van der Waals surface area contributed by atoms with E-state index in [0.29, 0.717) is 19.3 Å². The van der Waals surface area contributed by atoms with Crippen molar-refractivity contribution in [1.82, 2.24) is 0 Å². The van der Waals surface area contributed by atoms with E-state index in [9.17, 15) is 28.9 Å². The summed E-state index contributed by atoms with van der Waals surface area (Å²) in [4.78, 5) is 48.6. The molecule has 74 heavy (non-hydrogen) atoms. The zero-order valence-electron chi connectivity index (χ0n) is 47.6. The summed E-state index contributed by atoms with van der Waals surface area (Å²) in [6.07, 6.45) is 61.8. The maximum absolute atomic E-state index is 12.9. The third-order valence-corrected chi connectivity index (χ3v) is 13.9. The molecule has 430 valence electrons. The van der Waals surface area contributed by atoms with Crippen LogP contribution in [0.3, 0.4) is 0 Å². The molecule has 0 rings (SSSR count). The number of hydrogen-bond donors (Lipinski definition) is 2. The Morgan fingerprint density at radius 3 is 1.12 bits per heavy atom. The summed E-state index contributed by atoms with van der Waals surface area (Å²) in [6, 6.07) is 0. The Labute approximate surface area is 453 Å². The van der Waals surface area contributed by atoms with Crippen LogP contribution in [-0.2, 0) is 42.2 Å². The van der Waals surface area contributed by atoms with Crippen LogP contribution in [0.1, 0.15) is 278 Å². The number of esters is 3. The predicted octanol–water partition coefficient (Wildman–Crippen LogP) is 17.9. The van der Waals surface area contributed by atoms with Crippen LogP contribution in [-0.4, -0.2) is 66.5 Å². The average Bonchev–Trinajstić information content (AvgIpc) is 3.39. The predicted molar refractivity (Wildman–Crippen MR) is 307 cm³/mol. The molecular formula is C62H111O11P. The zero-order chi connectivity index (χ0) is 54.1. The third kappa shape index (κ3) is 54.0.